The highest BCUT2D eigenvalue weighted by Gasteiger charge is 2.16. The van der Waals surface area contributed by atoms with Crippen LogP contribution in [0.15, 0.2) is 12.3 Å². The Kier molecular flexibility index (Phi) is 4.24. The predicted octanol–water partition coefficient (Wildman–Crippen LogP) is 2.40. The van der Waals surface area contributed by atoms with Crippen molar-refractivity contribution in [2.45, 2.75) is 39.2 Å². The number of carbonyl (C=O) groups is 1. The molecule has 4 nitrogen and oxygen atoms in total. The van der Waals surface area contributed by atoms with Gasteiger partial charge in [0.1, 0.15) is 16.6 Å². The molecule has 0 radical (unpaired) electrons. The minimum absolute atomic E-state index is 0.254. The van der Waals surface area contributed by atoms with Crippen LogP contribution in [0, 0.1) is 0 Å². The zero-order valence-electron chi connectivity index (χ0n) is 9.66. The zero-order valence-corrected chi connectivity index (χ0v) is 10.4. The minimum Gasteiger partial charge on any atom is -0.460 e. The minimum atomic E-state index is -0.452. The second-order valence-electron chi connectivity index (χ2n) is 4.38. The molecule has 16 heavy (non-hydrogen) atoms. The number of halogens is 1. The molecule has 0 fully saturated rings. The molecule has 0 aromatic carbocycles. The molecule has 0 unspecified atom stereocenters. The lowest BCUT2D eigenvalue weighted by Gasteiger charge is -2.19. The Morgan fingerprint density at radius 2 is 2.19 bits per heavy atom. The molecule has 0 atom stereocenters. The van der Waals surface area contributed by atoms with Crippen molar-refractivity contribution < 1.29 is 9.53 Å². The van der Waals surface area contributed by atoms with E-state index in [1.165, 1.54) is 0 Å². The average Bonchev–Trinajstić information content (AvgIpc) is 2.12. The molecule has 0 aliphatic rings. The highest BCUT2D eigenvalue weighted by Crippen LogP contribution is 2.10. The molecule has 1 aromatic rings. The molecule has 0 bridgehead atoms. The van der Waals surface area contributed by atoms with Gasteiger partial charge in [0, 0.05) is 12.6 Å². The van der Waals surface area contributed by atoms with E-state index < -0.39 is 5.60 Å². The van der Waals surface area contributed by atoms with E-state index in [4.69, 9.17) is 16.3 Å². The van der Waals surface area contributed by atoms with Crippen molar-refractivity contribution in [2.24, 2.45) is 0 Å². The van der Waals surface area contributed by atoms with Gasteiger partial charge in [-0.3, -0.25) is 4.79 Å². The quantitative estimate of drug-likeness (QED) is 0.603. The maximum Gasteiger partial charge on any atom is 0.306 e. The second kappa shape index (κ2) is 5.25. The Balaban J connectivity index is 2.43. The smallest absolute Gasteiger partial charge is 0.306 e. The van der Waals surface area contributed by atoms with Gasteiger partial charge in [-0.25, -0.2) is 9.97 Å². The third-order valence-electron chi connectivity index (χ3n) is 1.64. The van der Waals surface area contributed by atoms with Gasteiger partial charge in [-0.05, 0) is 26.8 Å². The Morgan fingerprint density at radius 3 is 2.75 bits per heavy atom. The Bertz CT molecular complexity index is 374. The molecule has 0 aliphatic heterocycles. The topological polar surface area (TPSA) is 52.1 Å². The normalized spacial score (nSPS) is 11.2. The Hall–Kier alpha value is -1.16. The summed E-state index contributed by atoms with van der Waals surface area (Å²) in [5, 5.41) is 0.384. The number of rotatable bonds is 3. The maximum absolute atomic E-state index is 11.4. The van der Waals surface area contributed by atoms with Gasteiger partial charge in [0.05, 0.1) is 6.42 Å². The van der Waals surface area contributed by atoms with Crippen molar-refractivity contribution >= 4 is 17.6 Å². The molecule has 1 aromatic heterocycles. The van der Waals surface area contributed by atoms with Gasteiger partial charge in [-0.1, -0.05) is 11.6 Å². The van der Waals surface area contributed by atoms with Gasteiger partial charge < -0.3 is 4.74 Å². The van der Waals surface area contributed by atoms with Crippen molar-refractivity contribution in [1.82, 2.24) is 9.97 Å². The number of esters is 1. The summed E-state index contributed by atoms with van der Waals surface area (Å²) in [5.74, 6) is 0.300. The molecule has 0 amide bonds. The molecule has 5 heteroatoms. The third kappa shape index (κ3) is 5.07. The number of carbonyl (C=O) groups excluding carboxylic acids is 1. The van der Waals surface area contributed by atoms with E-state index in [1.807, 2.05) is 20.8 Å². The third-order valence-corrected chi connectivity index (χ3v) is 1.85. The predicted molar refractivity (Wildman–Crippen MR) is 61.2 cm³/mol. The molecule has 0 aliphatic carbocycles. The fourth-order valence-corrected chi connectivity index (χ4v) is 1.25. The summed E-state index contributed by atoms with van der Waals surface area (Å²) in [6.45, 7) is 5.50. The number of aryl methyl sites for hydroxylation is 1. The summed E-state index contributed by atoms with van der Waals surface area (Å²) in [7, 11) is 0. The summed E-state index contributed by atoms with van der Waals surface area (Å²) in [6, 6.07) is 1.60. The summed E-state index contributed by atoms with van der Waals surface area (Å²) >= 11 is 5.70. The van der Waals surface area contributed by atoms with E-state index in [2.05, 4.69) is 9.97 Å². The van der Waals surface area contributed by atoms with Gasteiger partial charge in [0.2, 0.25) is 0 Å². The standard InChI is InChI=1S/C11H15ClN2O2/c1-11(2,3)16-10(15)5-4-9-13-7-6-8(12)14-9/h6-7H,4-5H2,1-3H3. The van der Waals surface area contributed by atoms with Crippen molar-refractivity contribution in [3.63, 3.8) is 0 Å². The molecular weight excluding hydrogens is 228 g/mol. The van der Waals surface area contributed by atoms with Crippen LogP contribution in [0.1, 0.15) is 33.0 Å². The summed E-state index contributed by atoms with van der Waals surface area (Å²) < 4.78 is 5.16. The molecule has 88 valence electrons. The van der Waals surface area contributed by atoms with Crippen LogP contribution in [-0.2, 0) is 16.0 Å². The molecule has 0 saturated carbocycles. The molecule has 0 saturated heterocycles. The van der Waals surface area contributed by atoms with Crippen LogP contribution in [0.4, 0.5) is 0 Å². The fraction of sp³-hybridized carbons (Fsp3) is 0.545. The first-order valence-corrected chi connectivity index (χ1v) is 5.44. The maximum atomic E-state index is 11.4. The van der Waals surface area contributed by atoms with Gasteiger partial charge in [-0.2, -0.15) is 0 Å². The molecule has 0 N–H and O–H groups in total. The number of hydrogen-bond donors (Lipinski definition) is 0. The number of hydrogen-bond acceptors (Lipinski definition) is 4. The molecule has 1 rings (SSSR count). The SMILES string of the molecule is CC(C)(C)OC(=O)CCc1nccc(Cl)n1. The van der Waals surface area contributed by atoms with Gasteiger partial charge in [0.15, 0.2) is 0 Å². The van der Waals surface area contributed by atoms with Crippen molar-refractivity contribution in [3.05, 3.63) is 23.2 Å². The van der Waals surface area contributed by atoms with E-state index in [1.54, 1.807) is 12.3 Å². The monoisotopic (exact) mass is 242 g/mol. The van der Waals surface area contributed by atoms with E-state index in [9.17, 15) is 4.79 Å². The number of nitrogens with zero attached hydrogens (tertiary/aromatic N) is 2. The van der Waals surface area contributed by atoms with Crippen LogP contribution in [0.2, 0.25) is 5.15 Å². The first kappa shape index (κ1) is 12.9. The van der Waals surface area contributed by atoms with Crippen molar-refractivity contribution in [3.8, 4) is 0 Å². The number of aromatic nitrogens is 2. The van der Waals surface area contributed by atoms with Crippen LogP contribution in [-0.4, -0.2) is 21.5 Å². The first-order chi connectivity index (χ1) is 7.37. The lowest BCUT2D eigenvalue weighted by atomic mass is 10.2. The van der Waals surface area contributed by atoms with E-state index >= 15 is 0 Å². The average molecular weight is 243 g/mol. The molecule has 1 heterocycles. The summed E-state index contributed by atoms with van der Waals surface area (Å²) in [5.41, 5.74) is -0.452. The van der Waals surface area contributed by atoms with Gasteiger partial charge in [0.25, 0.3) is 0 Å². The van der Waals surface area contributed by atoms with Crippen molar-refractivity contribution in [1.29, 1.82) is 0 Å². The molecule has 0 spiro atoms. The van der Waals surface area contributed by atoms with Crippen LogP contribution in [0.25, 0.3) is 0 Å². The lowest BCUT2D eigenvalue weighted by molar-refractivity contribution is -0.154. The largest absolute Gasteiger partial charge is 0.460 e. The fourth-order valence-electron chi connectivity index (χ4n) is 1.10. The highest BCUT2D eigenvalue weighted by molar-refractivity contribution is 6.29. The van der Waals surface area contributed by atoms with E-state index in [0.717, 1.165) is 0 Å². The summed E-state index contributed by atoms with van der Waals surface area (Å²) in [6.07, 6.45) is 2.27. The Morgan fingerprint density at radius 1 is 1.50 bits per heavy atom. The van der Waals surface area contributed by atoms with Crippen LogP contribution >= 0.6 is 11.6 Å². The van der Waals surface area contributed by atoms with Crippen LogP contribution < -0.4 is 0 Å². The van der Waals surface area contributed by atoms with Gasteiger partial charge >= 0.3 is 5.97 Å². The van der Waals surface area contributed by atoms with Crippen molar-refractivity contribution in [2.75, 3.05) is 0 Å². The van der Waals surface area contributed by atoms with Crippen LogP contribution in [0.5, 0.6) is 0 Å². The molecular formula is C11H15ClN2O2. The van der Waals surface area contributed by atoms with E-state index in [-0.39, 0.29) is 12.4 Å². The van der Waals surface area contributed by atoms with E-state index in [0.29, 0.717) is 17.4 Å². The zero-order chi connectivity index (χ0) is 12.2. The number of ether oxygens (including phenoxy) is 1. The Labute approximate surface area is 100 Å². The first-order valence-electron chi connectivity index (χ1n) is 5.06. The lowest BCUT2D eigenvalue weighted by Crippen LogP contribution is -2.24. The second-order valence-corrected chi connectivity index (χ2v) is 4.77. The highest BCUT2D eigenvalue weighted by atomic mass is 35.5. The van der Waals surface area contributed by atoms with Gasteiger partial charge in [-0.15, -0.1) is 0 Å². The van der Waals surface area contributed by atoms with Crippen LogP contribution in [0.3, 0.4) is 0 Å². The summed E-state index contributed by atoms with van der Waals surface area (Å²) in [4.78, 5) is 19.4.